The van der Waals surface area contributed by atoms with Crippen molar-refractivity contribution in [1.82, 2.24) is 20.5 Å². The second-order valence-corrected chi connectivity index (χ2v) is 5.38. The normalized spacial score (nSPS) is 17.0. The van der Waals surface area contributed by atoms with Gasteiger partial charge in [0.05, 0.1) is 12.7 Å². The van der Waals surface area contributed by atoms with Gasteiger partial charge in [-0.05, 0) is 25.5 Å². The van der Waals surface area contributed by atoms with E-state index in [1.54, 1.807) is 6.20 Å². The van der Waals surface area contributed by atoms with Crippen LogP contribution in [0.5, 0.6) is 0 Å². The van der Waals surface area contributed by atoms with Crippen LogP contribution in [0.1, 0.15) is 38.3 Å². The van der Waals surface area contributed by atoms with E-state index in [9.17, 15) is 4.79 Å². The Balaban J connectivity index is 1.88. The molecule has 2 rings (SSSR count). The lowest BCUT2D eigenvalue weighted by Crippen LogP contribution is -2.45. The SMILES string of the molecule is CCC1(C(=O)NCc2cnc(SC)nn2)CCC1. The molecule has 1 amide bonds. The highest BCUT2D eigenvalue weighted by Crippen LogP contribution is 2.43. The number of carbonyl (C=O) groups is 1. The summed E-state index contributed by atoms with van der Waals surface area (Å²) in [5, 5.41) is 11.6. The maximum atomic E-state index is 12.1. The van der Waals surface area contributed by atoms with Crippen molar-refractivity contribution in [1.29, 1.82) is 0 Å². The molecule has 1 aliphatic rings. The van der Waals surface area contributed by atoms with E-state index in [0.29, 0.717) is 17.4 Å². The third-order valence-corrected chi connectivity index (χ3v) is 4.22. The topological polar surface area (TPSA) is 67.8 Å². The average molecular weight is 266 g/mol. The lowest BCUT2D eigenvalue weighted by molar-refractivity contribution is -0.136. The van der Waals surface area contributed by atoms with Gasteiger partial charge in [0.15, 0.2) is 0 Å². The minimum Gasteiger partial charge on any atom is -0.350 e. The zero-order chi connectivity index (χ0) is 13.0. The van der Waals surface area contributed by atoms with Crippen LogP contribution in [-0.2, 0) is 11.3 Å². The molecular formula is C12H18N4OS. The summed E-state index contributed by atoms with van der Waals surface area (Å²) in [5.74, 6) is 0.145. The van der Waals surface area contributed by atoms with Gasteiger partial charge in [-0.3, -0.25) is 4.79 Å². The maximum absolute atomic E-state index is 12.1. The molecule has 0 aromatic carbocycles. The smallest absolute Gasteiger partial charge is 0.226 e. The number of nitrogens with zero attached hydrogens (tertiary/aromatic N) is 3. The number of hydrogen-bond donors (Lipinski definition) is 1. The molecule has 0 atom stereocenters. The van der Waals surface area contributed by atoms with E-state index in [0.717, 1.165) is 25.7 Å². The Morgan fingerprint density at radius 2 is 2.28 bits per heavy atom. The van der Waals surface area contributed by atoms with Crippen LogP contribution in [0.2, 0.25) is 0 Å². The Hall–Kier alpha value is -1.17. The Labute approximate surface area is 111 Å². The van der Waals surface area contributed by atoms with Gasteiger partial charge in [-0.25, -0.2) is 4.98 Å². The molecule has 1 saturated carbocycles. The monoisotopic (exact) mass is 266 g/mol. The number of thioether (sulfide) groups is 1. The van der Waals surface area contributed by atoms with Crippen LogP contribution in [0.4, 0.5) is 0 Å². The van der Waals surface area contributed by atoms with Crippen molar-refractivity contribution in [2.75, 3.05) is 6.26 Å². The van der Waals surface area contributed by atoms with E-state index in [-0.39, 0.29) is 11.3 Å². The molecule has 0 saturated heterocycles. The van der Waals surface area contributed by atoms with E-state index in [1.165, 1.54) is 11.8 Å². The number of aromatic nitrogens is 3. The Bertz CT molecular complexity index is 411. The fourth-order valence-corrected chi connectivity index (χ4v) is 2.45. The van der Waals surface area contributed by atoms with E-state index in [2.05, 4.69) is 27.4 Å². The lowest BCUT2D eigenvalue weighted by Gasteiger charge is -2.39. The van der Waals surface area contributed by atoms with Gasteiger partial charge < -0.3 is 5.32 Å². The van der Waals surface area contributed by atoms with Crippen LogP contribution < -0.4 is 5.32 Å². The summed E-state index contributed by atoms with van der Waals surface area (Å²) in [4.78, 5) is 16.2. The Morgan fingerprint density at radius 1 is 1.50 bits per heavy atom. The summed E-state index contributed by atoms with van der Waals surface area (Å²) in [6.07, 6.45) is 7.65. The van der Waals surface area contributed by atoms with Crippen molar-refractivity contribution in [3.05, 3.63) is 11.9 Å². The van der Waals surface area contributed by atoms with Crippen molar-refractivity contribution < 1.29 is 4.79 Å². The first-order valence-corrected chi connectivity index (χ1v) is 7.43. The van der Waals surface area contributed by atoms with Crippen molar-refractivity contribution in [3.8, 4) is 0 Å². The molecule has 6 heteroatoms. The van der Waals surface area contributed by atoms with Crippen LogP contribution in [0, 0.1) is 5.41 Å². The Morgan fingerprint density at radius 3 is 2.72 bits per heavy atom. The van der Waals surface area contributed by atoms with Crippen molar-refractivity contribution in [3.63, 3.8) is 0 Å². The summed E-state index contributed by atoms with van der Waals surface area (Å²) < 4.78 is 0. The maximum Gasteiger partial charge on any atom is 0.226 e. The van der Waals surface area contributed by atoms with Crippen molar-refractivity contribution in [2.45, 2.75) is 44.3 Å². The molecule has 98 valence electrons. The number of carbonyl (C=O) groups excluding carboxylic acids is 1. The minimum absolute atomic E-state index is 0.125. The highest BCUT2D eigenvalue weighted by molar-refractivity contribution is 7.98. The number of rotatable bonds is 5. The van der Waals surface area contributed by atoms with E-state index < -0.39 is 0 Å². The molecule has 1 N–H and O–H groups in total. The van der Waals surface area contributed by atoms with E-state index in [4.69, 9.17) is 0 Å². The highest BCUT2D eigenvalue weighted by Gasteiger charge is 2.41. The predicted octanol–water partition coefficient (Wildman–Crippen LogP) is 1.79. The number of nitrogens with one attached hydrogen (secondary N) is 1. The van der Waals surface area contributed by atoms with Gasteiger partial charge in [-0.1, -0.05) is 25.1 Å². The quantitative estimate of drug-likeness (QED) is 0.823. The molecule has 0 radical (unpaired) electrons. The molecule has 1 aromatic rings. The van der Waals surface area contributed by atoms with Gasteiger partial charge >= 0.3 is 0 Å². The molecule has 0 bridgehead atoms. The molecule has 0 spiro atoms. The standard InChI is InChI=1S/C12H18N4OS/c1-3-12(5-4-6-12)10(17)13-7-9-8-14-11(18-2)16-15-9/h8H,3-7H2,1-2H3,(H,13,17). The molecule has 5 nitrogen and oxygen atoms in total. The Kier molecular flexibility index (Phi) is 4.16. The van der Waals surface area contributed by atoms with Gasteiger partial charge in [0, 0.05) is 5.41 Å². The number of hydrogen-bond acceptors (Lipinski definition) is 5. The largest absolute Gasteiger partial charge is 0.350 e. The predicted molar refractivity (Wildman–Crippen MR) is 70.0 cm³/mol. The molecule has 1 aromatic heterocycles. The van der Waals surface area contributed by atoms with Crippen molar-refractivity contribution in [2.24, 2.45) is 5.41 Å². The van der Waals surface area contributed by atoms with Crippen LogP contribution in [0.3, 0.4) is 0 Å². The second-order valence-electron chi connectivity index (χ2n) is 4.61. The van der Waals surface area contributed by atoms with E-state index in [1.807, 2.05) is 6.26 Å². The molecule has 1 aliphatic carbocycles. The third kappa shape index (κ3) is 2.63. The molecular weight excluding hydrogens is 248 g/mol. The highest BCUT2D eigenvalue weighted by atomic mass is 32.2. The first-order valence-electron chi connectivity index (χ1n) is 6.21. The van der Waals surface area contributed by atoms with Crippen LogP contribution >= 0.6 is 11.8 Å². The summed E-state index contributed by atoms with van der Waals surface area (Å²) in [7, 11) is 0. The van der Waals surface area contributed by atoms with Crippen molar-refractivity contribution >= 4 is 17.7 Å². The van der Waals surface area contributed by atoms with Gasteiger partial charge in [0.1, 0.15) is 5.69 Å². The minimum atomic E-state index is -0.125. The second kappa shape index (κ2) is 5.65. The summed E-state index contributed by atoms with van der Waals surface area (Å²) >= 11 is 1.45. The third-order valence-electron chi connectivity index (χ3n) is 3.67. The first-order chi connectivity index (χ1) is 8.70. The average Bonchev–Trinajstić information content (AvgIpc) is 2.36. The molecule has 0 unspecified atom stereocenters. The molecule has 0 aliphatic heterocycles. The molecule has 18 heavy (non-hydrogen) atoms. The lowest BCUT2D eigenvalue weighted by atomic mass is 9.66. The van der Waals surface area contributed by atoms with Gasteiger partial charge in [-0.2, -0.15) is 0 Å². The van der Waals surface area contributed by atoms with E-state index >= 15 is 0 Å². The first kappa shape index (κ1) is 13.3. The fraction of sp³-hybridized carbons (Fsp3) is 0.667. The zero-order valence-corrected chi connectivity index (χ0v) is 11.6. The zero-order valence-electron chi connectivity index (χ0n) is 10.8. The summed E-state index contributed by atoms with van der Waals surface area (Å²) in [5.41, 5.74) is 0.576. The van der Waals surface area contributed by atoms with Gasteiger partial charge in [0.2, 0.25) is 11.1 Å². The number of amides is 1. The molecule has 1 fully saturated rings. The summed E-state index contributed by atoms with van der Waals surface area (Å²) in [6, 6.07) is 0. The molecule has 1 heterocycles. The summed E-state index contributed by atoms with van der Waals surface area (Å²) in [6.45, 7) is 2.49. The fourth-order valence-electron chi connectivity index (χ4n) is 2.17. The van der Waals surface area contributed by atoms with Crippen LogP contribution in [0.15, 0.2) is 11.4 Å². The van der Waals surface area contributed by atoms with Crippen LogP contribution in [0.25, 0.3) is 0 Å². The van der Waals surface area contributed by atoms with Gasteiger partial charge in [0.25, 0.3) is 0 Å². The van der Waals surface area contributed by atoms with Gasteiger partial charge in [-0.15, -0.1) is 10.2 Å². The van der Waals surface area contributed by atoms with Crippen LogP contribution in [-0.4, -0.2) is 27.3 Å².